The zero-order valence-electron chi connectivity index (χ0n) is 13.0. The van der Waals surface area contributed by atoms with Crippen LogP contribution in [-0.4, -0.2) is 26.9 Å². The first kappa shape index (κ1) is 16.7. The highest BCUT2D eigenvalue weighted by Crippen LogP contribution is 2.41. The fourth-order valence-corrected chi connectivity index (χ4v) is 3.29. The summed E-state index contributed by atoms with van der Waals surface area (Å²) in [4.78, 5) is 2.20. The molecule has 0 amide bonds. The second kappa shape index (κ2) is 7.63. The van der Waals surface area contributed by atoms with Crippen molar-refractivity contribution in [3.63, 3.8) is 0 Å². The topological polar surface area (TPSA) is 58.6 Å². The van der Waals surface area contributed by atoms with Gasteiger partial charge in [-0.2, -0.15) is 0 Å². The van der Waals surface area contributed by atoms with Crippen molar-refractivity contribution in [2.75, 3.05) is 22.7 Å². The van der Waals surface area contributed by atoms with E-state index in [-0.39, 0.29) is 0 Å². The molecule has 1 heterocycles. The third kappa shape index (κ3) is 3.85. The second-order valence-corrected chi connectivity index (χ2v) is 6.49. The number of nitrogens with one attached hydrogen (secondary N) is 1. The quantitative estimate of drug-likeness (QED) is 0.609. The first-order valence-corrected chi connectivity index (χ1v) is 9.34. The Labute approximate surface area is 148 Å². The zero-order valence-corrected chi connectivity index (χ0v) is 14.7. The standard InChI is InChI=1S/C17H18N2O3S2/c20-24(21)18-15-10-13(12-23)11-16(19-8-4-5-9-19)17(15)22-14-6-2-1-3-7-14/h1-3,6-7,10-12,24H,4-5,8-9H2,(H,18,20,21). The average molecular weight is 362 g/mol. The summed E-state index contributed by atoms with van der Waals surface area (Å²) in [7, 11) is -2.81. The Kier molecular flexibility index (Phi) is 5.32. The van der Waals surface area contributed by atoms with Gasteiger partial charge in [-0.05, 0) is 42.7 Å². The second-order valence-electron chi connectivity index (χ2n) is 5.51. The maximum Gasteiger partial charge on any atom is 0.222 e. The monoisotopic (exact) mass is 362 g/mol. The number of thiocarbonyl (C=S) groups is 1. The highest BCUT2D eigenvalue weighted by Gasteiger charge is 2.21. The van der Waals surface area contributed by atoms with Crippen molar-refractivity contribution in [1.82, 2.24) is 0 Å². The zero-order chi connectivity index (χ0) is 16.9. The lowest BCUT2D eigenvalue weighted by molar-refractivity contribution is 0.484. The summed E-state index contributed by atoms with van der Waals surface area (Å²) in [6, 6.07) is 12.9. The highest BCUT2D eigenvalue weighted by molar-refractivity contribution is 7.79. The van der Waals surface area contributed by atoms with Gasteiger partial charge in [0.25, 0.3) is 0 Å². The van der Waals surface area contributed by atoms with Crippen LogP contribution in [-0.2, 0) is 10.9 Å². The first-order chi connectivity index (χ1) is 11.7. The van der Waals surface area contributed by atoms with Gasteiger partial charge >= 0.3 is 0 Å². The van der Waals surface area contributed by atoms with Crippen LogP contribution in [0, 0.1) is 0 Å². The Morgan fingerprint density at radius 2 is 1.83 bits per heavy atom. The van der Waals surface area contributed by atoms with E-state index in [9.17, 15) is 8.42 Å². The predicted molar refractivity (Wildman–Crippen MR) is 101 cm³/mol. The highest BCUT2D eigenvalue weighted by atomic mass is 32.2. The number of hydrogen-bond acceptors (Lipinski definition) is 5. The molecule has 7 heteroatoms. The molecule has 1 aliphatic rings. The van der Waals surface area contributed by atoms with Crippen molar-refractivity contribution in [1.29, 1.82) is 0 Å². The third-order valence-corrected chi connectivity index (χ3v) is 4.54. The molecular weight excluding hydrogens is 344 g/mol. The van der Waals surface area contributed by atoms with Crippen LogP contribution in [0.1, 0.15) is 18.4 Å². The molecule has 3 rings (SSSR count). The summed E-state index contributed by atoms with van der Waals surface area (Å²) in [6.45, 7) is 1.82. The Hall–Kier alpha value is -2.12. The normalized spacial score (nSPS) is 14.0. The van der Waals surface area contributed by atoms with Gasteiger partial charge in [0.1, 0.15) is 5.75 Å². The van der Waals surface area contributed by atoms with E-state index in [1.54, 1.807) is 6.07 Å². The minimum absolute atomic E-state index is 0.399. The molecule has 126 valence electrons. The van der Waals surface area contributed by atoms with E-state index >= 15 is 0 Å². The Balaban J connectivity index is 2.11. The van der Waals surface area contributed by atoms with Crippen LogP contribution in [0.2, 0.25) is 0 Å². The van der Waals surface area contributed by atoms with Crippen LogP contribution >= 0.6 is 12.2 Å². The first-order valence-electron chi connectivity index (χ1n) is 7.69. The van der Waals surface area contributed by atoms with Crippen molar-refractivity contribution >= 4 is 39.9 Å². The summed E-state index contributed by atoms with van der Waals surface area (Å²) in [5.74, 6) is 1.15. The molecule has 5 nitrogen and oxygen atoms in total. The van der Waals surface area contributed by atoms with Crippen LogP contribution in [0.15, 0.2) is 42.5 Å². The average Bonchev–Trinajstić information content (AvgIpc) is 3.11. The lowest BCUT2D eigenvalue weighted by Gasteiger charge is -2.24. The van der Waals surface area contributed by atoms with Crippen molar-refractivity contribution in [2.45, 2.75) is 12.8 Å². The molecule has 0 aliphatic carbocycles. The molecule has 1 saturated heterocycles. The van der Waals surface area contributed by atoms with Gasteiger partial charge in [0.15, 0.2) is 5.75 Å². The van der Waals surface area contributed by atoms with E-state index in [0.29, 0.717) is 17.2 Å². The number of thiol groups is 1. The summed E-state index contributed by atoms with van der Waals surface area (Å²) in [5.41, 5.74) is 2.02. The SMILES string of the molecule is O=[SH](=O)Nc1cc(C=S)cc(N2CCCC2)c1Oc1ccccc1. The molecule has 1 N–H and O–H groups in total. The van der Waals surface area contributed by atoms with E-state index in [1.807, 2.05) is 36.4 Å². The number of hydrogen-bond donors (Lipinski definition) is 2. The van der Waals surface area contributed by atoms with E-state index in [2.05, 4.69) is 9.62 Å². The molecule has 1 fully saturated rings. The number of anilines is 2. The molecule has 0 saturated carbocycles. The minimum atomic E-state index is -2.81. The van der Waals surface area contributed by atoms with E-state index in [0.717, 1.165) is 37.2 Å². The van der Waals surface area contributed by atoms with Crippen molar-refractivity contribution < 1.29 is 13.2 Å². The van der Waals surface area contributed by atoms with Crippen LogP contribution in [0.4, 0.5) is 11.4 Å². The summed E-state index contributed by atoms with van der Waals surface area (Å²) in [6.07, 6.45) is 2.20. The molecule has 2 aromatic carbocycles. The van der Waals surface area contributed by atoms with Gasteiger partial charge in [-0.25, -0.2) is 8.42 Å². The molecule has 0 bridgehead atoms. The number of rotatable bonds is 6. The molecular formula is C17H18N2O3S2. The smallest absolute Gasteiger partial charge is 0.222 e. The molecule has 2 aromatic rings. The Morgan fingerprint density at radius 1 is 1.12 bits per heavy atom. The third-order valence-electron chi connectivity index (χ3n) is 3.85. The van der Waals surface area contributed by atoms with Crippen LogP contribution in [0.25, 0.3) is 0 Å². The van der Waals surface area contributed by atoms with Crippen molar-refractivity contribution in [3.05, 3.63) is 48.0 Å². The van der Waals surface area contributed by atoms with Gasteiger partial charge in [0.05, 0.1) is 11.4 Å². The lowest BCUT2D eigenvalue weighted by atomic mass is 10.1. The van der Waals surface area contributed by atoms with E-state index in [1.165, 1.54) is 5.37 Å². The van der Waals surface area contributed by atoms with E-state index < -0.39 is 10.9 Å². The maximum atomic E-state index is 11.2. The van der Waals surface area contributed by atoms with Gasteiger partial charge in [-0.15, -0.1) is 0 Å². The maximum absolute atomic E-state index is 11.2. The fraction of sp³-hybridized carbons (Fsp3) is 0.235. The van der Waals surface area contributed by atoms with Gasteiger partial charge in [-0.3, -0.25) is 4.72 Å². The molecule has 1 aliphatic heterocycles. The number of para-hydroxylation sites is 1. The van der Waals surface area contributed by atoms with Crippen LogP contribution in [0.3, 0.4) is 0 Å². The molecule has 0 unspecified atom stereocenters. The Morgan fingerprint density at radius 3 is 2.46 bits per heavy atom. The molecule has 0 aromatic heterocycles. The van der Waals surface area contributed by atoms with Crippen molar-refractivity contribution in [2.24, 2.45) is 0 Å². The van der Waals surface area contributed by atoms with Gasteiger partial charge in [0, 0.05) is 18.5 Å². The molecule has 0 radical (unpaired) electrons. The summed E-state index contributed by atoms with van der Waals surface area (Å²) >= 11 is 5.04. The van der Waals surface area contributed by atoms with Crippen LogP contribution < -0.4 is 14.4 Å². The largest absolute Gasteiger partial charge is 0.453 e. The fourth-order valence-electron chi connectivity index (χ4n) is 2.79. The predicted octanol–water partition coefficient (Wildman–Crippen LogP) is 3.37. The van der Waals surface area contributed by atoms with E-state index in [4.69, 9.17) is 17.0 Å². The molecule has 0 atom stereocenters. The van der Waals surface area contributed by atoms with Crippen molar-refractivity contribution in [3.8, 4) is 11.5 Å². The van der Waals surface area contributed by atoms with Gasteiger partial charge in [-0.1, -0.05) is 30.4 Å². The summed E-state index contributed by atoms with van der Waals surface area (Å²) < 4.78 is 31.0. The minimum Gasteiger partial charge on any atom is -0.453 e. The summed E-state index contributed by atoms with van der Waals surface area (Å²) in [5, 5.41) is 1.54. The molecule has 0 spiro atoms. The number of benzene rings is 2. The molecule has 24 heavy (non-hydrogen) atoms. The van der Waals surface area contributed by atoms with Crippen LogP contribution in [0.5, 0.6) is 11.5 Å². The lowest BCUT2D eigenvalue weighted by Crippen LogP contribution is -2.19. The number of ether oxygens (including phenoxy) is 1. The van der Waals surface area contributed by atoms with Gasteiger partial charge in [0.2, 0.25) is 10.9 Å². The van der Waals surface area contributed by atoms with Gasteiger partial charge < -0.3 is 9.64 Å². The number of nitrogens with zero attached hydrogens (tertiary/aromatic N) is 1. The Bertz CT molecular complexity index is 793.